The predicted octanol–water partition coefficient (Wildman–Crippen LogP) is 3.79. The maximum absolute atomic E-state index is 12.4. The normalized spacial score (nSPS) is 12.2. The molecule has 4 heteroatoms. The molecule has 1 rings (SSSR count). The van der Waals surface area contributed by atoms with Crippen molar-refractivity contribution >= 4 is 0 Å². The number of hydrogen-bond donors (Lipinski definition) is 0. The molecule has 15 heavy (non-hydrogen) atoms. The molecule has 0 saturated carbocycles. The van der Waals surface area contributed by atoms with Gasteiger partial charge >= 0.3 is 6.18 Å². The zero-order chi connectivity index (χ0) is 11.6. The molecule has 1 heterocycles. The molecule has 0 aliphatic rings. The molecule has 0 amide bonds. The van der Waals surface area contributed by atoms with E-state index < -0.39 is 11.9 Å². The standard InChI is InChI=1S/C11H14F3N/c1-4-9-8(7(2)3)5-6-10(15-9)11(12,13)14/h5-7H,4H2,1-3H3. The first-order valence-electron chi connectivity index (χ1n) is 4.93. The van der Waals surface area contributed by atoms with Crippen LogP contribution in [0.1, 0.15) is 43.6 Å². The van der Waals surface area contributed by atoms with Crippen molar-refractivity contribution in [2.75, 3.05) is 0 Å². The summed E-state index contributed by atoms with van der Waals surface area (Å²) in [6, 6.07) is 2.58. The third-order valence-corrected chi connectivity index (χ3v) is 2.26. The van der Waals surface area contributed by atoms with Crippen LogP contribution in [-0.4, -0.2) is 4.98 Å². The van der Waals surface area contributed by atoms with Crippen LogP contribution in [0.3, 0.4) is 0 Å². The van der Waals surface area contributed by atoms with Crippen molar-refractivity contribution in [3.8, 4) is 0 Å². The average molecular weight is 217 g/mol. The third kappa shape index (κ3) is 2.70. The summed E-state index contributed by atoms with van der Waals surface area (Å²) in [5.74, 6) is 0.203. The highest BCUT2D eigenvalue weighted by Crippen LogP contribution is 2.29. The summed E-state index contributed by atoms with van der Waals surface area (Å²) in [7, 11) is 0. The molecule has 0 atom stereocenters. The van der Waals surface area contributed by atoms with E-state index in [2.05, 4.69) is 4.98 Å². The maximum Gasteiger partial charge on any atom is 0.433 e. The van der Waals surface area contributed by atoms with Crippen LogP contribution in [-0.2, 0) is 12.6 Å². The fourth-order valence-corrected chi connectivity index (χ4v) is 1.48. The highest BCUT2D eigenvalue weighted by atomic mass is 19.4. The fourth-order valence-electron chi connectivity index (χ4n) is 1.48. The molecule has 0 aromatic carbocycles. The number of rotatable bonds is 2. The van der Waals surface area contributed by atoms with E-state index in [0.717, 1.165) is 11.6 Å². The number of alkyl halides is 3. The predicted molar refractivity (Wildman–Crippen MR) is 52.7 cm³/mol. The Labute approximate surface area is 87.3 Å². The maximum atomic E-state index is 12.4. The van der Waals surface area contributed by atoms with Crippen molar-refractivity contribution in [3.63, 3.8) is 0 Å². The first-order valence-corrected chi connectivity index (χ1v) is 4.93. The summed E-state index contributed by atoms with van der Waals surface area (Å²) >= 11 is 0. The summed E-state index contributed by atoms with van der Waals surface area (Å²) < 4.78 is 37.1. The van der Waals surface area contributed by atoms with Gasteiger partial charge in [-0.3, -0.25) is 0 Å². The van der Waals surface area contributed by atoms with Crippen molar-refractivity contribution in [2.45, 2.75) is 39.3 Å². The molecule has 1 nitrogen and oxygen atoms in total. The highest BCUT2D eigenvalue weighted by molar-refractivity contribution is 5.27. The second kappa shape index (κ2) is 4.21. The van der Waals surface area contributed by atoms with E-state index in [-0.39, 0.29) is 5.92 Å². The molecule has 0 fully saturated rings. The van der Waals surface area contributed by atoms with Crippen molar-refractivity contribution < 1.29 is 13.2 Å². The van der Waals surface area contributed by atoms with E-state index >= 15 is 0 Å². The fraction of sp³-hybridized carbons (Fsp3) is 0.545. The molecule has 0 radical (unpaired) electrons. The second-order valence-electron chi connectivity index (χ2n) is 3.74. The lowest BCUT2D eigenvalue weighted by Crippen LogP contribution is -2.11. The molecule has 0 N–H and O–H groups in total. The Kier molecular flexibility index (Phi) is 3.37. The lowest BCUT2D eigenvalue weighted by Gasteiger charge is -2.13. The number of pyridine rings is 1. The van der Waals surface area contributed by atoms with Gasteiger partial charge in [-0.25, -0.2) is 4.98 Å². The van der Waals surface area contributed by atoms with Crippen LogP contribution >= 0.6 is 0 Å². The Morgan fingerprint density at radius 2 is 1.87 bits per heavy atom. The van der Waals surface area contributed by atoms with Gasteiger partial charge in [0.1, 0.15) is 5.69 Å². The largest absolute Gasteiger partial charge is 0.433 e. The van der Waals surface area contributed by atoms with Crippen molar-refractivity contribution in [2.24, 2.45) is 0 Å². The molecule has 0 aliphatic heterocycles. The second-order valence-corrected chi connectivity index (χ2v) is 3.74. The van der Waals surface area contributed by atoms with E-state index in [0.29, 0.717) is 12.1 Å². The SMILES string of the molecule is CCc1nc(C(F)(F)F)ccc1C(C)C. The van der Waals surface area contributed by atoms with Gasteiger partial charge < -0.3 is 0 Å². The first-order chi connectivity index (χ1) is 6.86. The molecule has 0 bridgehead atoms. The molecule has 0 saturated heterocycles. The van der Waals surface area contributed by atoms with Gasteiger partial charge in [0, 0.05) is 5.69 Å². The van der Waals surface area contributed by atoms with Gasteiger partial charge in [0.05, 0.1) is 0 Å². The number of halogens is 3. The summed E-state index contributed by atoms with van der Waals surface area (Å²) in [5.41, 5.74) is 0.633. The quantitative estimate of drug-likeness (QED) is 0.734. The lowest BCUT2D eigenvalue weighted by molar-refractivity contribution is -0.141. The van der Waals surface area contributed by atoms with Crippen LogP contribution in [0.5, 0.6) is 0 Å². The topological polar surface area (TPSA) is 12.9 Å². The van der Waals surface area contributed by atoms with Crippen molar-refractivity contribution in [1.82, 2.24) is 4.98 Å². The van der Waals surface area contributed by atoms with E-state index in [1.165, 1.54) is 6.07 Å². The summed E-state index contributed by atoms with van der Waals surface area (Å²) in [5, 5.41) is 0. The van der Waals surface area contributed by atoms with Crippen LogP contribution in [0.25, 0.3) is 0 Å². The number of hydrogen-bond acceptors (Lipinski definition) is 1. The zero-order valence-corrected chi connectivity index (χ0v) is 9.02. The van der Waals surface area contributed by atoms with Crippen LogP contribution in [0.2, 0.25) is 0 Å². The Balaban J connectivity index is 3.19. The van der Waals surface area contributed by atoms with Gasteiger partial charge in [0.15, 0.2) is 0 Å². The molecule has 0 spiro atoms. The first kappa shape index (κ1) is 12.0. The summed E-state index contributed by atoms with van der Waals surface area (Å²) in [4.78, 5) is 3.66. The van der Waals surface area contributed by atoms with E-state index in [1.54, 1.807) is 0 Å². The lowest BCUT2D eigenvalue weighted by atomic mass is 9.99. The Hall–Kier alpha value is -1.06. The van der Waals surface area contributed by atoms with Gasteiger partial charge in [-0.05, 0) is 24.0 Å². The third-order valence-electron chi connectivity index (χ3n) is 2.26. The highest BCUT2D eigenvalue weighted by Gasteiger charge is 2.32. The van der Waals surface area contributed by atoms with E-state index in [9.17, 15) is 13.2 Å². The number of nitrogens with zero attached hydrogens (tertiary/aromatic N) is 1. The Morgan fingerprint density at radius 3 is 2.27 bits per heavy atom. The average Bonchev–Trinajstić information content (AvgIpc) is 2.15. The van der Waals surface area contributed by atoms with Gasteiger partial charge in [0.25, 0.3) is 0 Å². The van der Waals surface area contributed by atoms with Gasteiger partial charge in [-0.2, -0.15) is 13.2 Å². The molecule has 1 aromatic rings. The van der Waals surface area contributed by atoms with Gasteiger partial charge in [-0.15, -0.1) is 0 Å². The van der Waals surface area contributed by atoms with Crippen molar-refractivity contribution in [3.05, 3.63) is 29.1 Å². The van der Waals surface area contributed by atoms with Gasteiger partial charge in [-0.1, -0.05) is 26.8 Å². The van der Waals surface area contributed by atoms with Crippen molar-refractivity contribution in [1.29, 1.82) is 0 Å². The minimum absolute atomic E-state index is 0.203. The van der Waals surface area contributed by atoms with Gasteiger partial charge in [0.2, 0.25) is 0 Å². The molecule has 84 valence electrons. The number of aromatic nitrogens is 1. The molecule has 0 unspecified atom stereocenters. The summed E-state index contributed by atoms with van der Waals surface area (Å²) in [6.07, 6.45) is -3.82. The Bertz CT molecular complexity index is 342. The van der Waals surface area contributed by atoms with Crippen LogP contribution < -0.4 is 0 Å². The smallest absolute Gasteiger partial charge is 0.248 e. The molecule has 0 aliphatic carbocycles. The van der Waals surface area contributed by atoms with E-state index in [1.807, 2.05) is 20.8 Å². The van der Waals surface area contributed by atoms with Crippen LogP contribution in [0.4, 0.5) is 13.2 Å². The molecular weight excluding hydrogens is 203 g/mol. The molecular formula is C11H14F3N. The zero-order valence-electron chi connectivity index (χ0n) is 9.02. The minimum Gasteiger partial charge on any atom is -0.248 e. The van der Waals surface area contributed by atoms with Crippen LogP contribution in [0.15, 0.2) is 12.1 Å². The number of aryl methyl sites for hydroxylation is 1. The Morgan fingerprint density at radius 1 is 1.27 bits per heavy atom. The van der Waals surface area contributed by atoms with Crippen LogP contribution in [0, 0.1) is 0 Å². The molecule has 1 aromatic heterocycles. The summed E-state index contributed by atoms with van der Waals surface area (Å²) in [6.45, 7) is 5.71. The minimum atomic E-state index is -4.35. The monoisotopic (exact) mass is 217 g/mol. The van der Waals surface area contributed by atoms with E-state index in [4.69, 9.17) is 0 Å².